The molecule has 1 rings (SSSR count). The van der Waals surface area contributed by atoms with E-state index in [-0.39, 0.29) is 22.1 Å². The molecule has 0 aromatic heterocycles. The van der Waals surface area contributed by atoms with E-state index in [1.165, 1.54) is 25.3 Å². The van der Waals surface area contributed by atoms with Gasteiger partial charge in [-0.25, -0.2) is 13.1 Å². The van der Waals surface area contributed by atoms with Crippen molar-refractivity contribution < 1.29 is 13.2 Å². The van der Waals surface area contributed by atoms with Crippen molar-refractivity contribution >= 4 is 21.6 Å². The molecule has 0 bridgehead atoms. The van der Waals surface area contributed by atoms with Gasteiger partial charge in [0.05, 0.1) is 27.6 Å². The van der Waals surface area contributed by atoms with E-state index < -0.39 is 15.6 Å². The largest absolute Gasteiger partial charge is 0.383 e. The van der Waals surface area contributed by atoms with Crippen LogP contribution in [-0.2, 0) is 14.8 Å². The summed E-state index contributed by atoms with van der Waals surface area (Å²) in [7, 11) is -2.22. The van der Waals surface area contributed by atoms with Gasteiger partial charge in [0, 0.05) is 7.11 Å². The molecule has 0 saturated carbocycles. The first-order chi connectivity index (χ1) is 8.72. The van der Waals surface area contributed by atoms with Gasteiger partial charge in [0.15, 0.2) is 0 Å². The number of hydrogen-bond acceptors (Lipinski definition) is 4. The minimum atomic E-state index is -3.71. The molecule has 7 heteroatoms. The molecule has 1 aromatic rings. The molecular weight excluding hydrogens is 288 g/mol. The Bertz CT molecular complexity index is 606. The average Bonchev–Trinajstić information content (AvgIpc) is 2.27. The highest BCUT2D eigenvalue weighted by Crippen LogP contribution is 2.21. The van der Waals surface area contributed by atoms with Gasteiger partial charge in [0.1, 0.15) is 6.07 Å². The summed E-state index contributed by atoms with van der Waals surface area (Å²) in [5.41, 5.74) is -0.509. The van der Waals surface area contributed by atoms with Crippen LogP contribution in [0.2, 0.25) is 5.02 Å². The standard InChI is InChI=1S/C12H15ClN2O3S/c1-12(2,8-18-3)15-19(16,17)10-5-4-9(7-14)11(13)6-10/h4-6,15H,8H2,1-3H3. The number of rotatable bonds is 5. The molecule has 0 aliphatic rings. The van der Waals surface area contributed by atoms with Crippen LogP contribution in [-0.4, -0.2) is 27.7 Å². The van der Waals surface area contributed by atoms with Crippen LogP contribution in [0.25, 0.3) is 0 Å². The Morgan fingerprint density at radius 3 is 2.58 bits per heavy atom. The third-order valence-electron chi connectivity index (χ3n) is 2.29. The molecule has 1 N–H and O–H groups in total. The molecular formula is C12H15ClN2O3S. The van der Waals surface area contributed by atoms with E-state index in [9.17, 15) is 8.42 Å². The minimum absolute atomic E-state index is 0.0145. The van der Waals surface area contributed by atoms with Gasteiger partial charge in [-0.2, -0.15) is 5.26 Å². The van der Waals surface area contributed by atoms with Gasteiger partial charge in [-0.3, -0.25) is 0 Å². The topological polar surface area (TPSA) is 79.2 Å². The predicted molar refractivity (Wildman–Crippen MR) is 72.4 cm³/mol. The third-order valence-corrected chi connectivity index (χ3v) is 4.30. The summed E-state index contributed by atoms with van der Waals surface area (Å²) in [5, 5.41) is 8.86. The first kappa shape index (κ1) is 15.9. The lowest BCUT2D eigenvalue weighted by atomic mass is 10.1. The maximum absolute atomic E-state index is 12.2. The highest BCUT2D eigenvalue weighted by Gasteiger charge is 2.26. The van der Waals surface area contributed by atoms with Gasteiger partial charge in [0.25, 0.3) is 0 Å². The smallest absolute Gasteiger partial charge is 0.241 e. The number of nitriles is 1. The number of hydrogen-bond donors (Lipinski definition) is 1. The molecule has 0 fully saturated rings. The van der Waals surface area contributed by atoms with Crippen LogP contribution in [0.4, 0.5) is 0 Å². The van der Waals surface area contributed by atoms with Crippen LogP contribution < -0.4 is 4.72 Å². The van der Waals surface area contributed by atoms with Crippen molar-refractivity contribution in [2.45, 2.75) is 24.3 Å². The van der Waals surface area contributed by atoms with Crippen molar-refractivity contribution in [2.75, 3.05) is 13.7 Å². The zero-order chi connectivity index (χ0) is 14.7. The summed E-state index contributed by atoms with van der Waals surface area (Å²) < 4.78 is 31.8. The average molecular weight is 303 g/mol. The zero-order valence-corrected chi connectivity index (χ0v) is 12.5. The summed E-state index contributed by atoms with van der Waals surface area (Å²) in [6.45, 7) is 3.65. The van der Waals surface area contributed by atoms with E-state index in [0.29, 0.717) is 0 Å². The lowest BCUT2D eigenvalue weighted by Gasteiger charge is -2.24. The second-order valence-electron chi connectivity index (χ2n) is 4.68. The first-order valence-corrected chi connectivity index (χ1v) is 7.30. The van der Waals surface area contributed by atoms with Crippen molar-refractivity contribution in [2.24, 2.45) is 0 Å². The number of benzene rings is 1. The summed E-state index contributed by atoms with van der Waals surface area (Å²) in [6.07, 6.45) is 0. The van der Waals surface area contributed by atoms with Crippen LogP contribution in [0.15, 0.2) is 23.1 Å². The van der Waals surface area contributed by atoms with Gasteiger partial charge in [-0.15, -0.1) is 0 Å². The molecule has 0 heterocycles. The third kappa shape index (κ3) is 4.18. The number of halogens is 1. The predicted octanol–water partition coefficient (Wildman–Crippen LogP) is 1.91. The van der Waals surface area contributed by atoms with Crippen LogP contribution in [0.5, 0.6) is 0 Å². The number of ether oxygens (including phenoxy) is 1. The Morgan fingerprint density at radius 1 is 1.47 bits per heavy atom. The quantitative estimate of drug-likeness (QED) is 0.901. The fourth-order valence-corrected chi connectivity index (χ4v) is 3.28. The van der Waals surface area contributed by atoms with E-state index in [1.807, 2.05) is 6.07 Å². The molecule has 0 saturated heterocycles. The van der Waals surface area contributed by atoms with Crippen LogP contribution >= 0.6 is 11.6 Å². The normalized spacial score (nSPS) is 12.2. The fourth-order valence-electron chi connectivity index (χ4n) is 1.57. The minimum Gasteiger partial charge on any atom is -0.383 e. The summed E-state index contributed by atoms with van der Waals surface area (Å²) in [6, 6.07) is 5.85. The lowest BCUT2D eigenvalue weighted by molar-refractivity contribution is 0.141. The van der Waals surface area contributed by atoms with Crippen molar-refractivity contribution in [1.29, 1.82) is 5.26 Å². The SMILES string of the molecule is COCC(C)(C)NS(=O)(=O)c1ccc(C#N)c(Cl)c1. The van der Waals surface area contributed by atoms with E-state index in [2.05, 4.69) is 4.72 Å². The van der Waals surface area contributed by atoms with Crippen molar-refractivity contribution in [3.63, 3.8) is 0 Å². The molecule has 5 nitrogen and oxygen atoms in total. The van der Waals surface area contributed by atoms with Crippen molar-refractivity contribution in [1.82, 2.24) is 4.72 Å². The van der Waals surface area contributed by atoms with Gasteiger partial charge < -0.3 is 4.74 Å². The fraction of sp³-hybridized carbons (Fsp3) is 0.417. The Balaban J connectivity index is 3.08. The molecule has 0 aliphatic carbocycles. The summed E-state index contributed by atoms with van der Waals surface area (Å²) in [5.74, 6) is 0. The maximum atomic E-state index is 12.2. The Hall–Kier alpha value is -1.13. The van der Waals surface area contributed by atoms with Crippen molar-refractivity contribution in [3.8, 4) is 6.07 Å². The van der Waals surface area contributed by atoms with Crippen LogP contribution in [0, 0.1) is 11.3 Å². The number of nitrogens with zero attached hydrogens (tertiary/aromatic N) is 1. The van der Waals surface area contributed by atoms with Crippen molar-refractivity contribution in [3.05, 3.63) is 28.8 Å². The number of nitrogens with one attached hydrogen (secondary N) is 1. The van der Waals surface area contributed by atoms with Gasteiger partial charge in [0.2, 0.25) is 10.0 Å². The zero-order valence-electron chi connectivity index (χ0n) is 10.9. The summed E-state index contributed by atoms with van der Waals surface area (Å²) >= 11 is 5.83. The number of sulfonamides is 1. The lowest BCUT2D eigenvalue weighted by Crippen LogP contribution is -2.46. The Labute approximate surface area is 118 Å². The monoisotopic (exact) mass is 302 g/mol. The van der Waals surface area contributed by atoms with E-state index in [1.54, 1.807) is 13.8 Å². The second kappa shape index (κ2) is 5.88. The molecule has 1 aromatic carbocycles. The van der Waals surface area contributed by atoms with E-state index in [0.717, 1.165) is 0 Å². The Kier molecular flexibility index (Phi) is 4.93. The van der Waals surface area contributed by atoms with Gasteiger partial charge in [-0.1, -0.05) is 11.6 Å². The molecule has 0 aliphatic heterocycles. The molecule has 0 spiro atoms. The molecule has 104 valence electrons. The first-order valence-electron chi connectivity index (χ1n) is 5.44. The molecule has 0 unspecified atom stereocenters. The van der Waals surface area contributed by atoms with Gasteiger partial charge in [-0.05, 0) is 32.0 Å². The number of methoxy groups -OCH3 is 1. The van der Waals surface area contributed by atoms with E-state index >= 15 is 0 Å². The van der Waals surface area contributed by atoms with Crippen LogP contribution in [0.3, 0.4) is 0 Å². The van der Waals surface area contributed by atoms with E-state index in [4.69, 9.17) is 21.6 Å². The Morgan fingerprint density at radius 2 is 2.11 bits per heavy atom. The summed E-state index contributed by atoms with van der Waals surface area (Å²) in [4.78, 5) is 0.0145. The molecule has 0 radical (unpaired) electrons. The highest BCUT2D eigenvalue weighted by atomic mass is 35.5. The molecule has 0 atom stereocenters. The van der Waals surface area contributed by atoms with Crippen LogP contribution in [0.1, 0.15) is 19.4 Å². The molecule has 0 amide bonds. The second-order valence-corrected chi connectivity index (χ2v) is 6.77. The highest BCUT2D eigenvalue weighted by molar-refractivity contribution is 7.89. The van der Waals surface area contributed by atoms with Gasteiger partial charge >= 0.3 is 0 Å². The molecule has 19 heavy (non-hydrogen) atoms. The maximum Gasteiger partial charge on any atom is 0.241 e.